The first kappa shape index (κ1) is 24.2. The smallest absolute Gasteiger partial charge is 0.268 e. The van der Waals surface area contributed by atoms with Crippen LogP contribution in [0.3, 0.4) is 0 Å². The van der Waals surface area contributed by atoms with Crippen LogP contribution in [0.2, 0.25) is 0 Å². The van der Waals surface area contributed by atoms with Crippen LogP contribution in [0, 0.1) is 17.7 Å². The van der Waals surface area contributed by atoms with Crippen LogP contribution >= 0.6 is 0 Å². The number of aliphatic hydroxyl groups excluding tert-OH is 1. The molecule has 1 aliphatic heterocycles. The number of ether oxygens (including phenoxy) is 2. The second-order valence-corrected chi connectivity index (χ2v) is 9.47. The van der Waals surface area contributed by atoms with Crippen LogP contribution in [-0.4, -0.2) is 60.1 Å². The van der Waals surface area contributed by atoms with E-state index in [1.807, 2.05) is 0 Å². The number of aromatic nitrogens is 1. The summed E-state index contributed by atoms with van der Waals surface area (Å²) in [6.07, 6.45) is 3.58. The van der Waals surface area contributed by atoms with E-state index < -0.39 is 17.8 Å². The fourth-order valence-electron chi connectivity index (χ4n) is 4.61. The monoisotopic (exact) mass is 497 g/mol. The van der Waals surface area contributed by atoms with Crippen LogP contribution in [0.15, 0.2) is 30.5 Å². The van der Waals surface area contributed by atoms with Gasteiger partial charge in [0, 0.05) is 49.2 Å². The Morgan fingerprint density at radius 1 is 1.22 bits per heavy atom. The number of hydrogen-bond donors (Lipinski definition) is 2. The number of Topliss-reactive ketones (excluding diaryl/α,β-unsaturated/α-hetero) is 1. The highest BCUT2D eigenvalue weighted by Gasteiger charge is 2.38. The first-order chi connectivity index (χ1) is 17.4. The molecule has 1 aromatic carbocycles. The topological polar surface area (TPSA) is 118 Å². The van der Waals surface area contributed by atoms with Crippen LogP contribution in [0.25, 0.3) is 0 Å². The highest BCUT2D eigenvalue weighted by Crippen LogP contribution is 2.36. The average Bonchev–Trinajstić information content (AvgIpc) is 3.57. The predicted octanol–water partition coefficient (Wildman–Crippen LogP) is 2.05. The summed E-state index contributed by atoms with van der Waals surface area (Å²) in [5.41, 5.74) is 0.759. The molecule has 0 bridgehead atoms. The summed E-state index contributed by atoms with van der Waals surface area (Å²) in [7, 11) is 0. The largest absolute Gasteiger partial charge is 0.479 e. The van der Waals surface area contributed by atoms with E-state index in [0.29, 0.717) is 42.8 Å². The normalized spacial score (nSPS) is 21.0. The van der Waals surface area contributed by atoms with Crippen molar-refractivity contribution in [1.82, 2.24) is 10.3 Å². The number of anilines is 1. The molecule has 3 aliphatic rings. The maximum Gasteiger partial charge on any atom is 0.268 e. The lowest BCUT2D eigenvalue weighted by Gasteiger charge is -2.18. The molecule has 36 heavy (non-hydrogen) atoms. The summed E-state index contributed by atoms with van der Waals surface area (Å²) in [6.45, 7) is 0.868. The van der Waals surface area contributed by atoms with Crippen molar-refractivity contribution in [3.05, 3.63) is 47.4 Å². The number of nitrogens with zero attached hydrogens (tertiary/aromatic N) is 2. The molecule has 2 aliphatic carbocycles. The van der Waals surface area contributed by atoms with E-state index in [1.54, 1.807) is 12.1 Å². The molecule has 0 spiro atoms. The van der Waals surface area contributed by atoms with Crippen molar-refractivity contribution in [1.29, 1.82) is 0 Å². The number of benzene rings is 1. The van der Waals surface area contributed by atoms with Crippen LogP contribution in [0.1, 0.15) is 41.6 Å². The van der Waals surface area contributed by atoms with E-state index in [4.69, 9.17) is 14.6 Å². The molecule has 2 amide bonds. The molecule has 2 unspecified atom stereocenters. The second-order valence-electron chi connectivity index (χ2n) is 9.47. The molecule has 1 aromatic heterocycles. The quantitative estimate of drug-likeness (QED) is 0.516. The van der Waals surface area contributed by atoms with Gasteiger partial charge in [-0.2, -0.15) is 0 Å². The Labute approximate surface area is 207 Å². The van der Waals surface area contributed by atoms with Crippen LogP contribution in [0.4, 0.5) is 10.1 Å². The summed E-state index contributed by atoms with van der Waals surface area (Å²) >= 11 is 0. The maximum absolute atomic E-state index is 14.9. The van der Waals surface area contributed by atoms with E-state index in [2.05, 4.69) is 10.3 Å². The zero-order valence-corrected chi connectivity index (χ0v) is 19.7. The highest BCUT2D eigenvalue weighted by molar-refractivity contribution is 6.06. The number of halogens is 1. The predicted molar refractivity (Wildman–Crippen MR) is 126 cm³/mol. The van der Waals surface area contributed by atoms with Gasteiger partial charge < -0.3 is 24.8 Å². The van der Waals surface area contributed by atoms with Crippen LogP contribution < -0.4 is 19.7 Å². The average molecular weight is 498 g/mol. The first-order valence-corrected chi connectivity index (χ1v) is 12.2. The molecule has 10 heteroatoms. The van der Waals surface area contributed by atoms with Crippen molar-refractivity contribution in [2.45, 2.75) is 38.2 Å². The van der Waals surface area contributed by atoms with E-state index in [-0.39, 0.29) is 54.7 Å². The number of pyridine rings is 1. The molecule has 2 heterocycles. The van der Waals surface area contributed by atoms with Gasteiger partial charge in [0.2, 0.25) is 11.8 Å². The van der Waals surface area contributed by atoms with Crippen molar-refractivity contribution in [2.24, 2.45) is 11.8 Å². The Morgan fingerprint density at radius 2 is 2.06 bits per heavy atom. The minimum absolute atomic E-state index is 0.0840. The minimum atomic E-state index is -0.750. The lowest BCUT2D eigenvalue weighted by Crippen LogP contribution is -2.32. The molecule has 5 rings (SSSR count). The molecule has 1 saturated carbocycles. The molecule has 2 fully saturated rings. The Balaban J connectivity index is 1.22. The third kappa shape index (κ3) is 5.18. The Kier molecular flexibility index (Phi) is 6.86. The van der Waals surface area contributed by atoms with E-state index in [9.17, 15) is 18.8 Å². The standard InChI is InChI=1S/C26H28FN3O6/c27-21-12-17(11-20-19(21)9-16(25(20)33)10-23(32)28-6-8-31)30-7-5-22(26(30)34)36-18-3-4-24(29-13-18)35-14-15-1-2-15/h3-4,11-13,15-16,22,31H,1-2,5-10,14H2,(H,28,32). The number of aliphatic hydroxyl groups is 1. The summed E-state index contributed by atoms with van der Waals surface area (Å²) < 4.78 is 26.4. The van der Waals surface area contributed by atoms with Gasteiger partial charge in [-0.15, -0.1) is 0 Å². The van der Waals surface area contributed by atoms with Crippen molar-refractivity contribution < 1.29 is 33.4 Å². The number of carbonyl (C=O) groups is 3. The van der Waals surface area contributed by atoms with Gasteiger partial charge in [0.1, 0.15) is 11.6 Å². The number of hydrogen-bond acceptors (Lipinski definition) is 7. The Bertz CT molecular complexity index is 1170. The Morgan fingerprint density at radius 3 is 2.78 bits per heavy atom. The van der Waals surface area contributed by atoms with E-state index >= 15 is 0 Å². The molecule has 190 valence electrons. The number of rotatable bonds is 10. The number of fused-ring (bicyclic) bond motifs is 1. The summed E-state index contributed by atoms with van der Waals surface area (Å²) in [6, 6.07) is 6.20. The van der Waals surface area contributed by atoms with E-state index in [1.165, 1.54) is 36.1 Å². The molecule has 2 aromatic rings. The zero-order valence-electron chi connectivity index (χ0n) is 19.7. The van der Waals surface area contributed by atoms with Crippen molar-refractivity contribution in [2.75, 3.05) is 31.2 Å². The third-order valence-corrected chi connectivity index (χ3v) is 6.75. The molecule has 2 atom stereocenters. The molecule has 0 radical (unpaired) electrons. The van der Waals surface area contributed by atoms with Gasteiger partial charge in [0.15, 0.2) is 11.9 Å². The lowest BCUT2D eigenvalue weighted by molar-refractivity contribution is -0.123. The minimum Gasteiger partial charge on any atom is -0.479 e. The van der Waals surface area contributed by atoms with E-state index in [0.717, 1.165) is 0 Å². The number of carbonyl (C=O) groups excluding carboxylic acids is 3. The maximum atomic E-state index is 14.9. The second kappa shape index (κ2) is 10.2. The molecule has 1 saturated heterocycles. The first-order valence-electron chi connectivity index (χ1n) is 12.2. The summed E-state index contributed by atoms with van der Waals surface area (Å²) in [4.78, 5) is 43.6. The van der Waals surface area contributed by atoms with Crippen LogP contribution in [-0.2, 0) is 16.0 Å². The Hall–Kier alpha value is -3.53. The number of amides is 2. The van der Waals surface area contributed by atoms with Crippen molar-refractivity contribution in [3.8, 4) is 11.6 Å². The fraction of sp³-hybridized carbons (Fsp3) is 0.462. The van der Waals surface area contributed by atoms with Crippen LogP contribution in [0.5, 0.6) is 11.6 Å². The fourth-order valence-corrected chi connectivity index (χ4v) is 4.61. The van der Waals surface area contributed by atoms with Gasteiger partial charge in [-0.25, -0.2) is 9.37 Å². The summed E-state index contributed by atoms with van der Waals surface area (Å²) in [5.74, 6) is -0.695. The van der Waals surface area contributed by atoms with Gasteiger partial charge in [-0.1, -0.05) is 0 Å². The van der Waals surface area contributed by atoms with Crippen molar-refractivity contribution in [3.63, 3.8) is 0 Å². The lowest BCUT2D eigenvalue weighted by atomic mass is 10.0. The van der Waals surface area contributed by atoms with Gasteiger partial charge in [-0.3, -0.25) is 14.4 Å². The van der Waals surface area contributed by atoms with Gasteiger partial charge in [0.25, 0.3) is 5.91 Å². The third-order valence-electron chi connectivity index (χ3n) is 6.75. The van der Waals surface area contributed by atoms with Gasteiger partial charge in [0.05, 0.1) is 19.4 Å². The van der Waals surface area contributed by atoms with Crippen molar-refractivity contribution >= 4 is 23.3 Å². The zero-order chi connectivity index (χ0) is 25.2. The molecular formula is C26H28FN3O6. The molecular weight excluding hydrogens is 469 g/mol. The molecule has 9 nitrogen and oxygen atoms in total. The van der Waals surface area contributed by atoms with Gasteiger partial charge >= 0.3 is 0 Å². The molecule has 2 N–H and O–H groups in total. The highest BCUT2D eigenvalue weighted by atomic mass is 19.1. The van der Waals surface area contributed by atoms with Gasteiger partial charge in [-0.05, 0) is 48.9 Å². The summed E-state index contributed by atoms with van der Waals surface area (Å²) in [5, 5.41) is 11.3. The SMILES string of the molecule is O=C(CC1Cc2c(F)cc(N3CCC(Oc4ccc(OCC5CC5)nc4)C3=O)cc2C1=O)NCCO. The number of ketones is 1. The number of nitrogens with one attached hydrogen (secondary N) is 1.